The average molecular weight is 478 g/mol. The number of aromatic nitrogens is 2. The number of nitrogens with one attached hydrogen (secondary N) is 2. The number of nitrogens with zero attached hydrogens (tertiary/aromatic N) is 1. The third-order valence-electron chi connectivity index (χ3n) is 5.03. The lowest BCUT2D eigenvalue weighted by atomic mass is 9.89. The molecule has 1 aliphatic heterocycles. The SMILES string of the molecule is CC.CCOC(=O)c1nc(C2(NC(=O)OCc3ccccc3)CCC(CO)OC2)[nH]c(=O)c1O. The number of rotatable bonds is 7. The molecule has 3 rings (SSSR count). The molecule has 0 saturated carbocycles. The van der Waals surface area contributed by atoms with Crippen LogP contribution in [0.1, 0.15) is 55.5 Å². The smallest absolute Gasteiger partial charge is 0.408 e. The first-order valence-electron chi connectivity index (χ1n) is 11.1. The molecule has 1 aromatic heterocycles. The third kappa shape index (κ3) is 6.55. The van der Waals surface area contributed by atoms with Crippen LogP contribution >= 0.6 is 0 Å². The minimum absolute atomic E-state index is 0.0104. The minimum atomic E-state index is -1.37. The summed E-state index contributed by atoms with van der Waals surface area (Å²) in [7, 11) is 0. The third-order valence-corrected chi connectivity index (χ3v) is 5.03. The van der Waals surface area contributed by atoms with Crippen molar-refractivity contribution in [3.63, 3.8) is 0 Å². The lowest BCUT2D eigenvalue weighted by Crippen LogP contribution is -2.55. The van der Waals surface area contributed by atoms with Crippen molar-refractivity contribution < 1.29 is 34.0 Å². The van der Waals surface area contributed by atoms with E-state index in [0.717, 1.165) is 5.56 Å². The van der Waals surface area contributed by atoms with Crippen molar-refractivity contribution in [1.82, 2.24) is 15.3 Å². The lowest BCUT2D eigenvalue weighted by molar-refractivity contribution is -0.0655. The molecule has 4 N–H and O–H groups in total. The second-order valence-electron chi connectivity index (χ2n) is 7.26. The van der Waals surface area contributed by atoms with Crippen molar-refractivity contribution in [2.45, 2.75) is 51.9 Å². The first-order chi connectivity index (χ1) is 16.4. The topological polar surface area (TPSA) is 160 Å². The Kier molecular flexibility index (Phi) is 10.0. The van der Waals surface area contributed by atoms with E-state index in [2.05, 4.69) is 15.3 Å². The number of carbonyl (C=O) groups excluding carboxylic acids is 2. The summed E-state index contributed by atoms with van der Waals surface area (Å²) in [6.45, 7) is 5.21. The van der Waals surface area contributed by atoms with E-state index in [1.54, 1.807) is 19.1 Å². The molecule has 2 atom stereocenters. The highest BCUT2D eigenvalue weighted by atomic mass is 16.6. The zero-order valence-electron chi connectivity index (χ0n) is 19.5. The Morgan fingerprint density at radius 1 is 1.26 bits per heavy atom. The van der Waals surface area contributed by atoms with Crippen LogP contribution in [0.25, 0.3) is 0 Å². The largest absolute Gasteiger partial charge is 0.501 e. The van der Waals surface area contributed by atoms with E-state index in [1.165, 1.54) is 0 Å². The van der Waals surface area contributed by atoms with Gasteiger partial charge < -0.3 is 34.7 Å². The summed E-state index contributed by atoms with van der Waals surface area (Å²) in [6.07, 6.45) is -0.712. The van der Waals surface area contributed by atoms with Crippen LogP contribution in [0.2, 0.25) is 0 Å². The summed E-state index contributed by atoms with van der Waals surface area (Å²) in [5.74, 6) is -1.97. The number of hydrogen-bond acceptors (Lipinski definition) is 9. The van der Waals surface area contributed by atoms with Crippen molar-refractivity contribution in [3.05, 3.63) is 57.8 Å². The highest BCUT2D eigenvalue weighted by Gasteiger charge is 2.43. The van der Waals surface area contributed by atoms with Crippen LogP contribution in [0, 0.1) is 0 Å². The van der Waals surface area contributed by atoms with Gasteiger partial charge in [-0.25, -0.2) is 14.6 Å². The fourth-order valence-electron chi connectivity index (χ4n) is 3.30. The van der Waals surface area contributed by atoms with Gasteiger partial charge in [-0.15, -0.1) is 0 Å². The number of aliphatic hydroxyl groups is 1. The van der Waals surface area contributed by atoms with E-state index >= 15 is 0 Å². The van der Waals surface area contributed by atoms with Gasteiger partial charge in [-0.05, 0) is 25.3 Å². The molecule has 186 valence electrons. The molecule has 2 aromatic rings. The Labute approximate surface area is 197 Å². The van der Waals surface area contributed by atoms with E-state index in [1.807, 2.05) is 32.0 Å². The summed E-state index contributed by atoms with van der Waals surface area (Å²) in [5, 5.41) is 22.0. The number of aliphatic hydroxyl groups excluding tert-OH is 1. The summed E-state index contributed by atoms with van der Waals surface area (Å²) in [4.78, 5) is 43.5. The molecule has 1 fully saturated rings. The fraction of sp³-hybridized carbons (Fsp3) is 0.478. The first-order valence-corrected chi connectivity index (χ1v) is 11.1. The second kappa shape index (κ2) is 12.7. The number of H-pyrrole nitrogens is 1. The number of amides is 1. The number of hydrogen-bond donors (Lipinski definition) is 4. The molecule has 1 aliphatic rings. The Bertz CT molecular complexity index is 1000. The molecule has 34 heavy (non-hydrogen) atoms. The predicted molar refractivity (Wildman–Crippen MR) is 121 cm³/mol. The monoisotopic (exact) mass is 477 g/mol. The van der Waals surface area contributed by atoms with Crippen molar-refractivity contribution in [1.29, 1.82) is 0 Å². The minimum Gasteiger partial charge on any atom is -0.501 e. The molecular weight excluding hydrogens is 446 g/mol. The molecule has 11 nitrogen and oxygen atoms in total. The van der Waals surface area contributed by atoms with Gasteiger partial charge in [0.15, 0.2) is 5.69 Å². The maximum absolute atomic E-state index is 12.6. The van der Waals surface area contributed by atoms with Crippen molar-refractivity contribution in [3.8, 4) is 5.75 Å². The standard InChI is InChI=1S/C21H25N3O8.C2H6/c1-2-30-18(28)15-16(26)17(27)23-19(22-15)21(9-8-14(10-25)32-12-21)24-20(29)31-11-13-6-4-3-5-7-13;1-2/h3-7,14,25-26H,2,8-12H2,1H3,(H,24,29)(H,22,23,27);1-2H3. The van der Waals surface area contributed by atoms with Crippen molar-refractivity contribution >= 4 is 12.1 Å². The maximum atomic E-state index is 12.6. The Balaban J connectivity index is 0.00000199. The molecule has 2 unspecified atom stereocenters. The van der Waals surface area contributed by atoms with Crippen LogP contribution in [-0.2, 0) is 26.4 Å². The Morgan fingerprint density at radius 2 is 1.97 bits per heavy atom. The molecule has 1 saturated heterocycles. The van der Waals surface area contributed by atoms with Crippen molar-refractivity contribution in [2.24, 2.45) is 0 Å². The van der Waals surface area contributed by atoms with Gasteiger partial charge in [0.1, 0.15) is 18.0 Å². The molecule has 0 bridgehead atoms. The van der Waals surface area contributed by atoms with Gasteiger partial charge in [0.05, 0.1) is 25.9 Å². The Morgan fingerprint density at radius 3 is 2.56 bits per heavy atom. The zero-order chi connectivity index (χ0) is 25.1. The lowest BCUT2D eigenvalue weighted by Gasteiger charge is -2.39. The van der Waals surface area contributed by atoms with Crippen LogP contribution in [0.3, 0.4) is 0 Å². The molecule has 0 aliphatic carbocycles. The summed E-state index contributed by atoms with van der Waals surface area (Å²) < 4.78 is 15.8. The number of ether oxygens (including phenoxy) is 3. The van der Waals surface area contributed by atoms with Crippen LogP contribution < -0.4 is 10.9 Å². The highest BCUT2D eigenvalue weighted by Crippen LogP contribution is 2.31. The predicted octanol–water partition coefficient (Wildman–Crippen LogP) is 1.97. The van der Waals surface area contributed by atoms with Gasteiger partial charge >= 0.3 is 12.1 Å². The Hall–Kier alpha value is -3.44. The molecule has 2 heterocycles. The van der Waals surface area contributed by atoms with E-state index in [9.17, 15) is 24.6 Å². The second-order valence-corrected chi connectivity index (χ2v) is 7.26. The number of esters is 1. The summed E-state index contributed by atoms with van der Waals surface area (Å²) >= 11 is 0. The summed E-state index contributed by atoms with van der Waals surface area (Å²) in [6, 6.07) is 9.05. The molecular formula is C23H31N3O8. The van der Waals surface area contributed by atoms with Gasteiger partial charge in [-0.2, -0.15) is 0 Å². The van der Waals surface area contributed by atoms with Gasteiger partial charge in [0.25, 0.3) is 5.56 Å². The molecule has 0 spiro atoms. The van der Waals surface area contributed by atoms with Gasteiger partial charge in [-0.3, -0.25) is 4.79 Å². The van der Waals surface area contributed by atoms with E-state index in [-0.39, 0.29) is 38.7 Å². The number of alkyl carbamates (subject to hydrolysis) is 1. The van der Waals surface area contributed by atoms with E-state index in [0.29, 0.717) is 6.42 Å². The average Bonchev–Trinajstić information content (AvgIpc) is 2.86. The summed E-state index contributed by atoms with van der Waals surface area (Å²) in [5.41, 5.74) is -2.14. The number of carbonyl (C=O) groups is 2. The van der Waals surface area contributed by atoms with E-state index < -0.39 is 40.7 Å². The zero-order valence-corrected chi connectivity index (χ0v) is 19.5. The molecule has 1 aromatic carbocycles. The van der Waals surface area contributed by atoms with Gasteiger partial charge in [-0.1, -0.05) is 44.2 Å². The van der Waals surface area contributed by atoms with Crippen LogP contribution in [0.5, 0.6) is 5.75 Å². The van der Waals surface area contributed by atoms with Crippen LogP contribution in [0.15, 0.2) is 35.1 Å². The first kappa shape index (κ1) is 26.8. The van der Waals surface area contributed by atoms with E-state index in [4.69, 9.17) is 14.2 Å². The molecule has 11 heteroatoms. The van der Waals surface area contributed by atoms with Gasteiger partial charge in [0, 0.05) is 0 Å². The van der Waals surface area contributed by atoms with Crippen LogP contribution in [0.4, 0.5) is 4.79 Å². The quantitative estimate of drug-likeness (QED) is 0.437. The number of benzene rings is 1. The molecule has 0 radical (unpaired) electrons. The normalized spacial score (nSPS) is 19.4. The number of aromatic amines is 1. The number of aromatic hydroxyl groups is 1. The van der Waals surface area contributed by atoms with Crippen molar-refractivity contribution in [2.75, 3.05) is 19.8 Å². The van der Waals surface area contributed by atoms with Crippen LogP contribution in [-0.4, -0.2) is 58.2 Å². The van der Waals surface area contributed by atoms with Gasteiger partial charge in [0.2, 0.25) is 5.75 Å². The fourth-order valence-corrected chi connectivity index (χ4v) is 3.30. The highest BCUT2D eigenvalue weighted by molar-refractivity contribution is 5.90. The maximum Gasteiger partial charge on any atom is 0.408 e. The molecule has 1 amide bonds.